The minimum Gasteiger partial charge on any atom is -0.448 e. The molecule has 0 aliphatic carbocycles. The Morgan fingerprint density at radius 2 is 1.80 bits per heavy atom. The number of anilines is 3. The fourth-order valence-corrected chi connectivity index (χ4v) is 6.59. The molecular weight excluding hydrogens is 475 g/mol. The van der Waals surface area contributed by atoms with Crippen molar-refractivity contribution >= 4 is 33.4 Å². The molecule has 35 heavy (non-hydrogen) atoms. The molecule has 2 atom stereocenters. The maximum Gasteiger partial charge on any atom is 0.525 e. The van der Waals surface area contributed by atoms with Gasteiger partial charge in [0, 0.05) is 19.1 Å². The third-order valence-corrected chi connectivity index (χ3v) is 8.39. The van der Waals surface area contributed by atoms with Crippen molar-refractivity contribution in [2.45, 2.75) is 38.6 Å². The summed E-state index contributed by atoms with van der Waals surface area (Å²) in [5, 5.41) is 8.92. The topological polar surface area (TPSA) is 102 Å². The number of hydrogen-bond donors (Lipinski definition) is 2. The van der Waals surface area contributed by atoms with Crippen LogP contribution >= 0.6 is 0 Å². The number of halogens is 1. The van der Waals surface area contributed by atoms with E-state index >= 15 is 0 Å². The van der Waals surface area contributed by atoms with E-state index in [4.69, 9.17) is 5.11 Å². The van der Waals surface area contributed by atoms with Crippen molar-refractivity contribution in [1.29, 1.82) is 0 Å². The van der Waals surface area contributed by atoms with Crippen molar-refractivity contribution < 1.29 is 27.5 Å². The molecule has 0 aromatic heterocycles. The molecule has 2 aliphatic rings. The minimum atomic E-state index is -4.07. The van der Waals surface area contributed by atoms with Gasteiger partial charge in [-0.25, -0.2) is 13.5 Å². The predicted octanol–water partition coefficient (Wildman–Crippen LogP) is 4.11. The molecule has 2 aromatic rings. The van der Waals surface area contributed by atoms with Gasteiger partial charge in [0.2, 0.25) is 0 Å². The Labute approximate surface area is 205 Å². The second kappa shape index (κ2) is 10.8. The Kier molecular flexibility index (Phi) is 7.78. The van der Waals surface area contributed by atoms with Crippen LogP contribution in [0, 0.1) is 11.7 Å². The van der Waals surface area contributed by atoms with Crippen molar-refractivity contribution in [3.63, 3.8) is 0 Å². The van der Waals surface area contributed by atoms with E-state index in [1.807, 2.05) is 0 Å². The highest BCUT2D eigenvalue weighted by Crippen LogP contribution is 2.46. The second-order valence-electron chi connectivity index (χ2n) is 8.87. The summed E-state index contributed by atoms with van der Waals surface area (Å²) in [6, 6.07) is 12.4. The van der Waals surface area contributed by atoms with Crippen LogP contribution in [0.3, 0.4) is 0 Å². The number of nitrogens with one attached hydrogen (secondary N) is 1. The zero-order valence-corrected chi connectivity index (χ0v) is 20.5. The van der Waals surface area contributed by atoms with E-state index in [2.05, 4.69) is 22.1 Å². The predicted molar refractivity (Wildman–Crippen MR) is 131 cm³/mol. The van der Waals surface area contributed by atoms with Gasteiger partial charge in [-0.15, -0.1) is 5.48 Å². The van der Waals surface area contributed by atoms with Gasteiger partial charge in [0.15, 0.2) is 0 Å². The average Bonchev–Trinajstić information content (AvgIpc) is 3.06. The first kappa shape index (κ1) is 25.2. The highest BCUT2D eigenvalue weighted by Gasteiger charge is 2.42. The Hall–Kier alpha value is -2.89. The third kappa shape index (κ3) is 5.36. The number of rotatable bonds is 9. The Bertz CT molecular complexity index is 1150. The molecule has 2 aromatic carbocycles. The molecular formula is C24H31FN4O5S. The molecule has 2 unspecified atom stereocenters. The molecule has 2 aliphatic heterocycles. The maximum atomic E-state index is 14.6. The molecule has 0 saturated carbocycles. The number of hydroxylamine groups is 1. The van der Waals surface area contributed by atoms with E-state index in [9.17, 15) is 17.6 Å². The van der Waals surface area contributed by atoms with Gasteiger partial charge in [-0.05, 0) is 62.5 Å². The van der Waals surface area contributed by atoms with Gasteiger partial charge >= 0.3 is 16.4 Å². The number of unbranched alkanes of at least 4 members (excludes halogenated alkanes) is 1. The van der Waals surface area contributed by atoms with E-state index in [1.165, 1.54) is 22.5 Å². The summed E-state index contributed by atoms with van der Waals surface area (Å²) < 4.78 is 44.3. The highest BCUT2D eigenvalue weighted by molar-refractivity contribution is 7.95. The van der Waals surface area contributed by atoms with Crippen LogP contribution < -0.4 is 14.1 Å². The van der Waals surface area contributed by atoms with Crippen molar-refractivity contribution in [3.8, 4) is 0 Å². The van der Waals surface area contributed by atoms with Crippen LogP contribution in [0.25, 0.3) is 0 Å². The molecule has 2 heterocycles. The summed E-state index contributed by atoms with van der Waals surface area (Å²) in [5.74, 6) is -0.661. The van der Waals surface area contributed by atoms with Crippen LogP contribution in [0.4, 0.5) is 26.2 Å². The summed E-state index contributed by atoms with van der Waals surface area (Å²) >= 11 is 0. The summed E-state index contributed by atoms with van der Waals surface area (Å²) in [7, 11) is -4.07. The highest BCUT2D eigenvalue weighted by atomic mass is 32.2. The molecule has 2 N–H and O–H groups in total. The summed E-state index contributed by atoms with van der Waals surface area (Å²) in [6.07, 6.45) is 1.88. The Morgan fingerprint density at radius 3 is 2.49 bits per heavy atom. The molecule has 190 valence electrons. The van der Waals surface area contributed by atoms with Crippen LogP contribution in [0.2, 0.25) is 0 Å². The SMILES string of the molecule is CCCCN1CCC(NOC(=O)O)C(CCN2c3ccccc3N(c3ccccc3F)S2(=O)=O)C1. The number of para-hydroxylation sites is 3. The molecule has 0 spiro atoms. The van der Waals surface area contributed by atoms with E-state index in [-0.39, 0.29) is 24.2 Å². The van der Waals surface area contributed by atoms with Gasteiger partial charge in [-0.2, -0.15) is 8.42 Å². The van der Waals surface area contributed by atoms with Gasteiger partial charge in [-0.1, -0.05) is 37.6 Å². The monoisotopic (exact) mass is 506 g/mol. The molecule has 9 nitrogen and oxygen atoms in total. The van der Waals surface area contributed by atoms with Crippen LogP contribution in [-0.2, 0) is 15.0 Å². The van der Waals surface area contributed by atoms with Gasteiger partial charge in [0.25, 0.3) is 0 Å². The van der Waals surface area contributed by atoms with E-state index in [0.29, 0.717) is 30.8 Å². The fraction of sp³-hybridized carbons (Fsp3) is 0.458. The lowest BCUT2D eigenvalue weighted by molar-refractivity contribution is -0.00386. The average molecular weight is 507 g/mol. The normalized spacial score (nSPS) is 21.7. The molecule has 0 radical (unpaired) electrons. The van der Waals surface area contributed by atoms with E-state index < -0.39 is 22.2 Å². The number of hydrogen-bond acceptors (Lipinski definition) is 6. The van der Waals surface area contributed by atoms with Crippen molar-refractivity contribution in [3.05, 3.63) is 54.3 Å². The van der Waals surface area contributed by atoms with E-state index in [0.717, 1.165) is 30.2 Å². The van der Waals surface area contributed by atoms with Crippen molar-refractivity contribution in [2.24, 2.45) is 5.92 Å². The molecule has 0 amide bonds. The minimum absolute atomic E-state index is 0.0275. The maximum absolute atomic E-state index is 14.6. The lowest BCUT2D eigenvalue weighted by atomic mass is 9.89. The molecule has 4 rings (SSSR count). The molecule has 11 heteroatoms. The Morgan fingerprint density at radius 1 is 1.11 bits per heavy atom. The Balaban J connectivity index is 1.57. The van der Waals surface area contributed by atoms with E-state index in [1.54, 1.807) is 30.3 Å². The number of fused-ring (bicyclic) bond motifs is 1. The largest absolute Gasteiger partial charge is 0.525 e. The fourth-order valence-electron chi connectivity index (χ4n) is 4.85. The first-order valence-corrected chi connectivity index (χ1v) is 13.3. The lowest BCUT2D eigenvalue weighted by Crippen LogP contribution is -2.51. The smallest absolute Gasteiger partial charge is 0.448 e. The summed E-state index contributed by atoms with van der Waals surface area (Å²) in [4.78, 5) is 17.9. The summed E-state index contributed by atoms with van der Waals surface area (Å²) in [5.41, 5.74) is 3.51. The third-order valence-electron chi connectivity index (χ3n) is 6.60. The zero-order chi connectivity index (χ0) is 25.0. The first-order chi connectivity index (χ1) is 16.8. The lowest BCUT2D eigenvalue weighted by Gasteiger charge is -2.38. The van der Waals surface area contributed by atoms with Crippen LogP contribution in [-0.4, -0.2) is 56.8 Å². The van der Waals surface area contributed by atoms with Crippen molar-refractivity contribution in [2.75, 3.05) is 34.8 Å². The van der Waals surface area contributed by atoms with Gasteiger partial charge in [0.1, 0.15) is 5.82 Å². The van der Waals surface area contributed by atoms with Crippen LogP contribution in [0.1, 0.15) is 32.6 Å². The van der Waals surface area contributed by atoms with Gasteiger partial charge < -0.3 is 14.8 Å². The van der Waals surface area contributed by atoms with Crippen LogP contribution in [0.15, 0.2) is 48.5 Å². The quantitative estimate of drug-likeness (QED) is 0.494. The first-order valence-electron chi connectivity index (χ1n) is 11.9. The number of piperidine rings is 1. The van der Waals surface area contributed by atoms with Crippen LogP contribution in [0.5, 0.6) is 0 Å². The molecule has 1 saturated heterocycles. The number of benzene rings is 2. The number of nitrogens with zero attached hydrogens (tertiary/aromatic N) is 3. The number of likely N-dealkylation sites (tertiary alicyclic amines) is 1. The standard InChI is InChI=1S/C24H31FN4O5S/c1-2-3-14-27-15-13-20(26-34-24(30)31)18(17-27)12-16-28-22-10-6-7-11-23(22)29(35(28,32)33)21-9-5-4-8-19(21)25/h4-11,18,20,26H,2-3,12-17H2,1H3,(H,30,31). The second-order valence-corrected chi connectivity index (χ2v) is 10.6. The van der Waals surface area contributed by atoms with Gasteiger partial charge in [-0.3, -0.25) is 4.31 Å². The van der Waals surface area contributed by atoms with Crippen molar-refractivity contribution in [1.82, 2.24) is 10.4 Å². The number of carboxylic acid groups (broad SMARTS) is 1. The summed E-state index contributed by atoms with van der Waals surface area (Å²) in [6.45, 7) is 4.74. The van der Waals surface area contributed by atoms with Gasteiger partial charge in [0.05, 0.1) is 17.1 Å². The molecule has 0 bridgehead atoms. The molecule has 1 fully saturated rings. The number of carbonyl (C=O) groups is 1. The zero-order valence-electron chi connectivity index (χ0n) is 19.6.